The molecule has 0 aliphatic carbocycles. The number of piperidine rings is 1. The average Bonchev–Trinajstić information content (AvgIpc) is 2.61. The Bertz CT molecular complexity index is 537. The summed E-state index contributed by atoms with van der Waals surface area (Å²) in [5.41, 5.74) is 3.12. The monoisotopic (exact) mass is 343 g/mol. The molecule has 3 heteroatoms. The number of hydrogen-bond acceptors (Lipinski definition) is 3. The highest BCUT2D eigenvalue weighted by atomic mass is 15.3. The largest absolute Gasteiger partial charge is 0.305 e. The van der Waals surface area contributed by atoms with Crippen molar-refractivity contribution >= 4 is 0 Å². The van der Waals surface area contributed by atoms with Crippen molar-refractivity contribution in [1.82, 2.24) is 14.7 Å². The number of likely N-dealkylation sites (N-methyl/N-ethyl adjacent to an activating group) is 1. The fourth-order valence-corrected chi connectivity index (χ4v) is 4.40. The topological polar surface area (TPSA) is 9.72 Å². The molecule has 25 heavy (non-hydrogen) atoms. The lowest BCUT2D eigenvalue weighted by molar-refractivity contribution is 0.0453. The summed E-state index contributed by atoms with van der Waals surface area (Å²) in [5.74, 6) is 0. The maximum atomic E-state index is 2.74. The fraction of sp³-hybridized carbons (Fsp3) is 0.727. The van der Waals surface area contributed by atoms with Gasteiger partial charge in [-0.3, -0.25) is 9.80 Å². The van der Waals surface area contributed by atoms with Crippen molar-refractivity contribution in [3.8, 4) is 0 Å². The summed E-state index contributed by atoms with van der Waals surface area (Å²) in [5, 5.41) is 0. The van der Waals surface area contributed by atoms with E-state index < -0.39 is 0 Å². The Balaban J connectivity index is 1.55. The van der Waals surface area contributed by atoms with Crippen LogP contribution in [0.15, 0.2) is 24.3 Å². The van der Waals surface area contributed by atoms with Crippen LogP contribution in [0.2, 0.25) is 0 Å². The van der Waals surface area contributed by atoms with Gasteiger partial charge in [0.2, 0.25) is 0 Å². The first-order chi connectivity index (χ1) is 11.8. The molecule has 2 saturated heterocycles. The Kier molecular flexibility index (Phi) is 5.87. The lowest BCUT2D eigenvalue weighted by atomic mass is 9.86. The molecule has 140 valence electrons. The molecule has 0 spiro atoms. The third-order valence-electron chi connectivity index (χ3n) is 6.27. The van der Waals surface area contributed by atoms with Gasteiger partial charge in [0, 0.05) is 44.8 Å². The van der Waals surface area contributed by atoms with Gasteiger partial charge in [-0.05, 0) is 49.9 Å². The molecular weight excluding hydrogens is 306 g/mol. The van der Waals surface area contributed by atoms with E-state index >= 15 is 0 Å². The Labute approximate surface area is 155 Å². The quantitative estimate of drug-likeness (QED) is 0.827. The molecule has 0 saturated carbocycles. The second-order valence-corrected chi connectivity index (χ2v) is 9.18. The van der Waals surface area contributed by atoms with Crippen LogP contribution in [-0.2, 0) is 5.41 Å². The first kappa shape index (κ1) is 18.9. The predicted octanol–water partition coefficient (Wildman–Crippen LogP) is 3.76. The van der Waals surface area contributed by atoms with Crippen molar-refractivity contribution in [2.75, 3.05) is 46.3 Å². The van der Waals surface area contributed by atoms with Crippen LogP contribution in [0.3, 0.4) is 0 Å². The van der Waals surface area contributed by atoms with E-state index in [1.54, 1.807) is 0 Å². The molecule has 0 aromatic heterocycles. The van der Waals surface area contributed by atoms with E-state index in [2.05, 4.69) is 73.7 Å². The van der Waals surface area contributed by atoms with Gasteiger partial charge in [0.05, 0.1) is 0 Å². The maximum absolute atomic E-state index is 2.74. The molecule has 0 bridgehead atoms. The fourth-order valence-electron chi connectivity index (χ4n) is 4.40. The van der Waals surface area contributed by atoms with Crippen molar-refractivity contribution in [2.45, 2.75) is 58.0 Å². The van der Waals surface area contributed by atoms with Gasteiger partial charge in [0.25, 0.3) is 0 Å². The number of benzene rings is 1. The number of likely N-dealkylation sites (tertiary alicyclic amines) is 1. The van der Waals surface area contributed by atoms with E-state index in [1.807, 2.05) is 0 Å². The molecule has 0 radical (unpaired) electrons. The third-order valence-corrected chi connectivity index (χ3v) is 6.27. The highest BCUT2D eigenvalue weighted by Gasteiger charge is 2.28. The van der Waals surface area contributed by atoms with E-state index in [4.69, 9.17) is 0 Å². The SMILES string of the molecule is CC(c1ccc(C(C)(C)C)cc1)N1CCN(C2CCCN(C)C2)CC1. The van der Waals surface area contributed by atoms with Crippen LogP contribution in [0.25, 0.3) is 0 Å². The van der Waals surface area contributed by atoms with Crippen molar-refractivity contribution in [3.63, 3.8) is 0 Å². The van der Waals surface area contributed by atoms with Crippen molar-refractivity contribution in [3.05, 3.63) is 35.4 Å². The van der Waals surface area contributed by atoms with Gasteiger partial charge in [-0.1, -0.05) is 45.0 Å². The van der Waals surface area contributed by atoms with Crippen LogP contribution < -0.4 is 0 Å². The van der Waals surface area contributed by atoms with Crippen LogP contribution in [0, 0.1) is 0 Å². The minimum Gasteiger partial charge on any atom is -0.305 e. The highest BCUT2D eigenvalue weighted by Crippen LogP contribution is 2.27. The summed E-state index contributed by atoms with van der Waals surface area (Å²) in [6.07, 6.45) is 2.74. The van der Waals surface area contributed by atoms with Gasteiger partial charge in [0.1, 0.15) is 0 Å². The Morgan fingerprint density at radius 3 is 2.16 bits per heavy atom. The van der Waals surface area contributed by atoms with Crippen LogP contribution in [0.5, 0.6) is 0 Å². The van der Waals surface area contributed by atoms with Crippen LogP contribution in [0.1, 0.15) is 57.7 Å². The van der Waals surface area contributed by atoms with E-state index in [-0.39, 0.29) is 5.41 Å². The number of hydrogen-bond donors (Lipinski definition) is 0. The third kappa shape index (κ3) is 4.64. The molecule has 2 aliphatic heterocycles. The van der Waals surface area contributed by atoms with Gasteiger partial charge in [-0.25, -0.2) is 0 Å². The lowest BCUT2D eigenvalue weighted by Gasteiger charge is -2.44. The number of nitrogens with zero attached hydrogens (tertiary/aromatic N) is 3. The minimum atomic E-state index is 0.237. The molecule has 0 amide bonds. The average molecular weight is 344 g/mol. The van der Waals surface area contributed by atoms with Crippen LogP contribution in [-0.4, -0.2) is 67.1 Å². The van der Waals surface area contributed by atoms with E-state index in [0.717, 1.165) is 6.04 Å². The van der Waals surface area contributed by atoms with Gasteiger partial charge >= 0.3 is 0 Å². The molecular formula is C22H37N3. The summed E-state index contributed by atoms with van der Waals surface area (Å²) < 4.78 is 0. The summed E-state index contributed by atoms with van der Waals surface area (Å²) >= 11 is 0. The second kappa shape index (κ2) is 7.77. The molecule has 2 heterocycles. The van der Waals surface area contributed by atoms with Gasteiger partial charge in [-0.2, -0.15) is 0 Å². The minimum absolute atomic E-state index is 0.237. The molecule has 3 rings (SSSR count). The molecule has 2 aliphatic rings. The smallest absolute Gasteiger partial charge is 0.0320 e. The Morgan fingerprint density at radius 2 is 1.60 bits per heavy atom. The normalized spacial score (nSPS) is 25.9. The summed E-state index contributed by atoms with van der Waals surface area (Å²) in [7, 11) is 2.27. The lowest BCUT2D eigenvalue weighted by Crippen LogP contribution is -2.54. The molecule has 2 atom stereocenters. The van der Waals surface area contributed by atoms with Crippen molar-refractivity contribution in [1.29, 1.82) is 0 Å². The van der Waals surface area contributed by atoms with Crippen LogP contribution >= 0.6 is 0 Å². The van der Waals surface area contributed by atoms with Gasteiger partial charge < -0.3 is 4.90 Å². The zero-order chi connectivity index (χ0) is 18.0. The maximum Gasteiger partial charge on any atom is 0.0320 e. The summed E-state index contributed by atoms with van der Waals surface area (Å²) in [4.78, 5) is 7.90. The van der Waals surface area contributed by atoms with E-state index in [1.165, 1.54) is 63.2 Å². The van der Waals surface area contributed by atoms with Gasteiger partial charge in [0.15, 0.2) is 0 Å². The zero-order valence-corrected chi connectivity index (χ0v) is 17.0. The molecule has 1 aromatic carbocycles. The van der Waals surface area contributed by atoms with Crippen molar-refractivity contribution < 1.29 is 0 Å². The van der Waals surface area contributed by atoms with Gasteiger partial charge in [-0.15, -0.1) is 0 Å². The standard InChI is InChI=1S/C22H37N3/c1-18(19-8-10-20(11-9-19)22(2,3)4)24-13-15-25(16-14-24)21-7-6-12-23(5)17-21/h8-11,18,21H,6-7,12-17H2,1-5H3. The second-order valence-electron chi connectivity index (χ2n) is 9.18. The molecule has 0 N–H and O–H groups in total. The summed E-state index contributed by atoms with van der Waals surface area (Å²) in [6, 6.07) is 10.6. The Morgan fingerprint density at radius 1 is 0.960 bits per heavy atom. The van der Waals surface area contributed by atoms with Crippen LogP contribution in [0.4, 0.5) is 0 Å². The predicted molar refractivity (Wildman–Crippen MR) is 107 cm³/mol. The molecule has 3 nitrogen and oxygen atoms in total. The first-order valence-corrected chi connectivity index (χ1v) is 10.1. The van der Waals surface area contributed by atoms with E-state index in [0.29, 0.717) is 6.04 Å². The zero-order valence-electron chi connectivity index (χ0n) is 17.0. The summed E-state index contributed by atoms with van der Waals surface area (Å²) in [6.45, 7) is 16.6. The molecule has 2 fully saturated rings. The molecule has 1 aromatic rings. The number of rotatable bonds is 3. The Hall–Kier alpha value is -0.900. The molecule has 2 unspecified atom stereocenters. The van der Waals surface area contributed by atoms with E-state index in [9.17, 15) is 0 Å². The first-order valence-electron chi connectivity index (χ1n) is 10.1. The highest BCUT2D eigenvalue weighted by molar-refractivity contribution is 5.29. The number of piperazine rings is 1. The van der Waals surface area contributed by atoms with Crippen molar-refractivity contribution in [2.24, 2.45) is 0 Å².